The second kappa shape index (κ2) is 6.30. The van der Waals surface area contributed by atoms with Gasteiger partial charge >= 0.3 is 0 Å². The first-order valence-electron chi connectivity index (χ1n) is 7.44. The number of benzene rings is 1. The molecule has 0 spiro atoms. The molecule has 0 aliphatic heterocycles. The van der Waals surface area contributed by atoms with Gasteiger partial charge in [-0.2, -0.15) is 0 Å². The van der Waals surface area contributed by atoms with Gasteiger partial charge in [-0.05, 0) is 43.3 Å². The third-order valence-corrected chi connectivity index (χ3v) is 3.74. The molecule has 3 aromatic rings. The van der Waals surface area contributed by atoms with Crippen LogP contribution in [0.2, 0.25) is 0 Å². The van der Waals surface area contributed by atoms with Crippen LogP contribution in [0.3, 0.4) is 0 Å². The largest absolute Gasteiger partial charge is 0.296 e. The van der Waals surface area contributed by atoms with Crippen molar-refractivity contribution in [3.05, 3.63) is 81.7 Å². The second-order valence-corrected chi connectivity index (χ2v) is 5.77. The maximum Gasteiger partial charge on any atom is 0.258 e. The molecular formula is C18H18FN3O. The van der Waals surface area contributed by atoms with E-state index >= 15 is 0 Å². The standard InChI is InChI=1S/C18H18FN3O/c1-13-4-3-9-22-17(23)10-16(20-18(13)22)12-21(2)11-14-5-7-15(19)8-6-14/h3-10H,11-12H2,1-2H3. The van der Waals surface area contributed by atoms with E-state index in [1.54, 1.807) is 28.8 Å². The molecule has 0 atom stereocenters. The second-order valence-electron chi connectivity index (χ2n) is 5.77. The first-order chi connectivity index (χ1) is 11.0. The smallest absolute Gasteiger partial charge is 0.258 e. The number of rotatable bonds is 4. The molecular weight excluding hydrogens is 293 g/mol. The van der Waals surface area contributed by atoms with Crippen LogP contribution < -0.4 is 5.56 Å². The summed E-state index contributed by atoms with van der Waals surface area (Å²) >= 11 is 0. The maximum atomic E-state index is 12.9. The van der Waals surface area contributed by atoms with Crippen molar-refractivity contribution in [2.45, 2.75) is 20.0 Å². The van der Waals surface area contributed by atoms with Gasteiger partial charge in [-0.1, -0.05) is 18.2 Å². The summed E-state index contributed by atoms with van der Waals surface area (Å²) in [6, 6.07) is 11.8. The van der Waals surface area contributed by atoms with Crippen molar-refractivity contribution in [3.63, 3.8) is 0 Å². The highest BCUT2D eigenvalue weighted by Crippen LogP contribution is 2.10. The molecule has 0 radical (unpaired) electrons. The highest BCUT2D eigenvalue weighted by atomic mass is 19.1. The number of aryl methyl sites for hydroxylation is 1. The van der Waals surface area contributed by atoms with Crippen LogP contribution in [0.15, 0.2) is 53.5 Å². The summed E-state index contributed by atoms with van der Waals surface area (Å²) in [5.74, 6) is -0.240. The molecule has 118 valence electrons. The van der Waals surface area contributed by atoms with Crippen LogP contribution in [-0.2, 0) is 13.1 Å². The SMILES string of the molecule is Cc1cccn2c(=O)cc(CN(C)Cc3ccc(F)cc3)nc12. The lowest BCUT2D eigenvalue weighted by Crippen LogP contribution is -2.22. The van der Waals surface area contributed by atoms with Gasteiger partial charge in [-0.15, -0.1) is 0 Å². The summed E-state index contributed by atoms with van der Waals surface area (Å²) < 4.78 is 14.5. The van der Waals surface area contributed by atoms with E-state index in [-0.39, 0.29) is 11.4 Å². The van der Waals surface area contributed by atoms with Crippen LogP contribution >= 0.6 is 0 Å². The van der Waals surface area contributed by atoms with Gasteiger partial charge in [-0.3, -0.25) is 14.1 Å². The van der Waals surface area contributed by atoms with Gasteiger partial charge in [-0.25, -0.2) is 9.37 Å². The summed E-state index contributed by atoms with van der Waals surface area (Å²) in [6.07, 6.45) is 1.73. The topological polar surface area (TPSA) is 37.6 Å². The molecule has 2 aromatic heterocycles. The molecule has 2 heterocycles. The highest BCUT2D eigenvalue weighted by Gasteiger charge is 2.07. The Morgan fingerprint density at radius 2 is 1.91 bits per heavy atom. The lowest BCUT2D eigenvalue weighted by Gasteiger charge is -2.16. The Labute approximate surface area is 133 Å². The van der Waals surface area contributed by atoms with Crippen LogP contribution in [0.25, 0.3) is 5.65 Å². The van der Waals surface area contributed by atoms with Crippen molar-refractivity contribution in [2.24, 2.45) is 0 Å². The number of fused-ring (bicyclic) bond motifs is 1. The van der Waals surface area contributed by atoms with Crippen LogP contribution in [0, 0.1) is 12.7 Å². The maximum absolute atomic E-state index is 12.9. The van der Waals surface area contributed by atoms with E-state index in [9.17, 15) is 9.18 Å². The minimum atomic E-state index is -0.240. The predicted octanol–water partition coefficient (Wildman–Crippen LogP) is 2.77. The third-order valence-electron chi connectivity index (χ3n) is 3.74. The van der Waals surface area contributed by atoms with E-state index < -0.39 is 0 Å². The fourth-order valence-electron chi connectivity index (χ4n) is 2.62. The Morgan fingerprint density at radius 1 is 1.17 bits per heavy atom. The minimum Gasteiger partial charge on any atom is -0.296 e. The van der Waals surface area contributed by atoms with Gasteiger partial charge < -0.3 is 0 Å². The molecule has 0 bridgehead atoms. The molecule has 1 aromatic carbocycles. The third kappa shape index (κ3) is 3.46. The molecule has 23 heavy (non-hydrogen) atoms. The van der Waals surface area contributed by atoms with E-state index in [4.69, 9.17) is 0 Å². The Morgan fingerprint density at radius 3 is 2.65 bits per heavy atom. The monoisotopic (exact) mass is 311 g/mol. The van der Waals surface area contributed by atoms with Crippen LogP contribution in [0.4, 0.5) is 4.39 Å². The zero-order chi connectivity index (χ0) is 16.4. The van der Waals surface area contributed by atoms with Crippen molar-refractivity contribution in [2.75, 3.05) is 7.05 Å². The van der Waals surface area contributed by atoms with E-state index in [1.807, 2.05) is 31.0 Å². The van der Waals surface area contributed by atoms with Crippen molar-refractivity contribution < 1.29 is 4.39 Å². The first-order valence-corrected chi connectivity index (χ1v) is 7.44. The minimum absolute atomic E-state index is 0.0797. The zero-order valence-corrected chi connectivity index (χ0v) is 13.2. The van der Waals surface area contributed by atoms with Crippen LogP contribution in [-0.4, -0.2) is 21.3 Å². The fraction of sp³-hybridized carbons (Fsp3) is 0.222. The molecule has 0 saturated carbocycles. The molecule has 3 rings (SSSR count). The van der Waals surface area contributed by atoms with E-state index in [2.05, 4.69) is 4.98 Å². The number of nitrogens with zero attached hydrogens (tertiary/aromatic N) is 3. The fourth-order valence-corrected chi connectivity index (χ4v) is 2.62. The lowest BCUT2D eigenvalue weighted by atomic mass is 10.2. The molecule has 0 aliphatic carbocycles. The van der Waals surface area contributed by atoms with Gasteiger partial charge in [0.25, 0.3) is 5.56 Å². The van der Waals surface area contributed by atoms with Gasteiger partial charge in [0.1, 0.15) is 11.5 Å². The van der Waals surface area contributed by atoms with E-state index in [0.717, 1.165) is 16.8 Å². The molecule has 0 amide bonds. The molecule has 0 unspecified atom stereocenters. The van der Waals surface area contributed by atoms with Crippen molar-refractivity contribution in [1.29, 1.82) is 0 Å². The van der Waals surface area contributed by atoms with Crippen molar-refractivity contribution >= 4 is 5.65 Å². The molecule has 5 heteroatoms. The number of hydrogen-bond acceptors (Lipinski definition) is 3. The first kappa shape index (κ1) is 15.4. The molecule has 0 aliphatic rings. The van der Waals surface area contributed by atoms with Gasteiger partial charge in [0, 0.05) is 25.4 Å². The molecule has 0 fully saturated rings. The summed E-state index contributed by atoms with van der Waals surface area (Å²) in [6.45, 7) is 3.15. The molecule has 4 nitrogen and oxygen atoms in total. The van der Waals surface area contributed by atoms with Crippen molar-refractivity contribution in [1.82, 2.24) is 14.3 Å². The number of pyridine rings is 1. The van der Waals surface area contributed by atoms with Gasteiger partial charge in [0.05, 0.1) is 5.69 Å². The van der Waals surface area contributed by atoms with Crippen molar-refractivity contribution in [3.8, 4) is 0 Å². The quantitative estimate of drug-likeness (QED) is 0.743. The van der Waals surface area contributed by atoms with Gasteiger partial charge in [0.15, 0.2) is 0 Å². The Hall–Kier alpha value is -2.53. The number of aromatic nitrogens is 2. The Kier molecular flexibility index (Phi) is 4.21. The van der Waals surface area contributed by atoms with E-state index in [0.29, 0.717) is 18.7 Å². The average Bonchev–Trinajstić information content (AvgIpc) is 2.51. The summed E-state index contributed by atoms with van der Waals surface area (Å²) in [4.78, 5) is 18.8. The molecule has 0 N–H and O–H groups in total. The van der Waals surface area contributed by atoms with Crippen LogP contribution in [0.1, 0.15) is 16.8 Å². The lowest BCUT2D eigenvalue weighted by molar-refractivity contribution is 0.315. The Bertz CT molecular complexity index is 887. The number of halogens is 1. The Balaban J connectivity index is 1.82. The number of hydrogen-bond donors (Lipinski definition) is 0. The van der Waals surface area contributed by atoms with Gasteiger partial charge in [0.2, 0.25) is 0 Å². The van der Waals surface area contributed by atoms with E-state index in [1.165, 1.54) is 12.1 Å². The summed E-state index contributed by atoms with van der Waals surface area (Å²) in [5.41, 5.74) is 3.32. The zero-order valence-electron chi connectivity index (χ0n) is 13.2. The summed E-state index contributed by atoms with van der Waals surface area (Å²) in [7, 11) is 1.95. The average molecular weight is 311 g/mol. The normalized spacial score (nSPS) is 11.3. The molecule has 0 saturated heterocycles. The van der Waals surface area contributed by atoms with Crippen LogP contribution in [0.5, 0.6) is 0 Å². The highest BCUT2D eigenvalue weighted by molar-refractivity contribution is 5.46. The summed E-state index contributed by atoms with van der Waals surface area (Å²) in [5, 5.41) is 0. The predicted molar refractivity (Wildman–Crippen MR) is 87.8 cm³/mol.